The molecule has 2 heteroatoms. The lowest BCUT2D eigenvalue weighted by molar-refractivity contribution is -0.129. The Morgan fingerprint density at radius 1 is 1.10 bits per heavy atom. The number of benzene rings is 1. The van der Waals surface area contributed by atoms with Crippen LogP contribution in [0.1, 0.15) is 62.5 Å². The van der Waals surface area contributed by atoms with Crippen LogP contribution in [0.25, 0.3) is 0 Å². The molecule has 1 atom stereocenters. The summed E-state index contributed by atoms with van der Waals surface area (Å²) in [4.78, 5) is 12.9. The molecule has 0 amide bonds. The zero-order valence-electron chi connectivity index (χ0n) is 12.3. The lowest BCUT2D eigenvalue weighted by Crippen LogP contribution is -2.34. The average Bonchev–Trinajstić information content (AvgIpc) is 2.80. The maximum absolute atomic E-state index is 12.9. The number of carbonyl (C=O) groups excluding carboxylic acids is 1. The summed E-state index contributed by atoms with van der Waals surface area (Å²) in [5.74, 6) is 0.532. The first-order chi connectivity index (χ1) is 9.64. The number of ketones is 1. The van der Waals surface area contributed by atoms with Gasteiger partial charge in [0.1, 0.15) is 5.78 Å². The van der Waals surface area contributed by atoms with Crippen molar-refractivity contribution in [1.29, 1.82) is 0 Å². The predicted molar refractivity (Wildman–Crippen MR) is 79.7 cm³/mol. The van der Waals surface area contributed by atoms with Crippen molar-refractivity contribution in [3.63, 3.8) is 0 Å². The lowest BCUT2D eigenvalue weighted by Gasteiger charge is -2.34. The molecule has 1 spiro atoms. The molecular weight excluding hydrogens is 248 g/mol. The molecule has 1 N–H and O–H groups in total. The van der Waals surface area contributed by atoms with Crippen molar-refractivity contribution in [1.82, 2.24) is 0 Å². The quantitative estimate of drug-likeness (QED) is 0.893. The number of hydrogen-bond donors (Lipinski definition) is 1. The maximum Gasteiger partial charge on any atom is 0.146 e. The molecule has 2 aliphatic carbocycles. The van der Waals surface area contributed by atoms with Gasteiger partial charge in [-0.05, 0) is 56.1 Å². The van der Waals surface area contributed by atoms with Gasteiger partial charge in [-0.3, -0.25) is 4.79 Å². The molecule has 3 rings (SSSR count). The van der Waals surface area contributed by atoms with Crippen molar-refractivity contribution in [2.45, 2.75) is 63.9 Å². The van der Waals surface area contributed by atoms with E-state index >= 15 is 0 Å². The topological polar surface area (TPSA) is 37.3 Å². The Balaban J connectivity index is 1.78. The fourth-order valence-corrected chi connectivity index (χ4v) is 4.00. The number of aliphatic hydroxyl groups is 1. The van der Waals surface area contributed by atoms with Crippen LogP contribution >= 0.6 is 0 Å². The minimum Gasteiger partial charge on any atom is -0.393 e. The molecular formula is C18H24O2. The highest BCUT2D eigenvalue weighted by Gasteiger charge is 2.49. The Hall–Kier alpha value is -1.15. The SMILES string of the molecule is CCc1ccc(C2CC[C@]3(CC[C@H](O)CC3)C2=O)cc1. The van der Waals surface area contributed by atoms with Crippen molar-refractivity contribution in [2.75, 3.05) is 0 Å². The van der Waals surface area contributed by atoms with Crippen LogP contribution in [0.4, 0.5) is 0 Å². The summed E-state index contributed by atoms with van der Waals surface area (Å²) < 4.78 is 0. The number of Topliss-reactive ketones (excluding diaryl/α,β-unsaturated/α-hetero) is 1. The van der Waals surface area contributed by atoms with Crippen LogP contribution in [-0.2, 0) is 11.2 Å². The number of aliphatic hydroxyl groups excluding tert-OH is 1. The van der Waals surface area contributed by atoms with E-state index in [1.807, 2.05) is 0 Å². The minimum atomic E-state index is -0.184. The number of rotatable bonds is 2. The van der Waals surface area contributed by atoms with Crippen molar-refractivity contribution < 1.29 is 9.90 Å². The minimum absolute atomic E-state index is 0.0937. The smallest absolute Gasteiger partial charge is 0.146 e. The molecule has 20 heavy (non-hydrogen) atoms. The van der Waals surface area contributed by atoms with Gasteiger partial charge in [-0.25, -0.2) is 0 Å². The van der Waals surface area contributed by atoms with E-state index in [1.54, 1.807) is 0 Å². The molecule has 108 valence electrons. The maximum atomic E-state index is 12.9. The number of hydrogen-bond acceptors (Lipinski definition) is 2. The van der Waals surface area contributed by atoms with Crippen molar-refractivity contribution in [3.8, 4) is 0 Å². The third-order valence-corrected chi connectivity index (χ3v) is 5.45. The van der Waals surface area contributed by atoms with Gasteiger partial charge >= 0.3 is 0 Å². The normalized spacial score (nSPS) is 33.8. The van der Waals surface area contributed by atoms with Crippen molar-refractivity contribution in [2.24, 2.45) is 5.41 Å². The number of carbonyl (C=O) groups is 1. The molecule has 2 saturated carbocycles. The van der Waals surface area contributed by atoms with Gasteiger partial charge in [-0.15, -0.1) is 0 Å². The van der Waals surface area contributed by atoms with Gasteiger partial charge in [0.05, 0.1) is 6.10 Å². The van der Waals surface area contributed by atoms with Crippen molar-refractivity contribution >= 4 is 5.78 Å². The fraction of sp³-hybridized carbons (Fsp3) is 0.611. The summed E-state index contributed by atoms with van der Waals surface area (Å²) in [5, 5.41) is 9.67. The highest BCUT2D eigenvalue weighted by atomic mass is 16.3. The Morgan fingerprint density at radius 3 is 2.30 bits per heavy atom. The first-order valence-electron chi connectivity index (χ1n) is 7.96. The Bertz CT molecular complexity index is 481. The van der Waals surface area contributed by atoms with Gasteiger partial charge in [0.15, 0.2) is 0 Å². The first kappa shape index (κ1) is 13.8. The summed E-state index contributed by atoms with van der Waals surface area (Å²) in [6, 6.07) is 8.58. The summed E-state index contributed by atoms with van der Waals surface area (Å²) in [7, 11) is 0. The van der Waals surface area contributed by atoms with E-state index < -0.39 is 0 Å². The van der Waals surface area contributed by atoms with Gasteiger partial charge in [0, 0.05) is 11.3 Å². The van der Waals surface area contributed by atoms with E-state index in [2.05, 4.69) is 31.2 Å². The van der Waals surface area contributed by atoms with Crippen LogP contribution in [0.2, 0.25) is 0 Å². The van der Waals surface area contributed by atoms with Gasteiger partial charge in [0.25, 0.3) is 0 Å². The van der Waals surface area contributed by atoms with Crippen LogP contribution in [0.5, 0.6) is 0 Å². The monoisotopic (exact) mass is 272 g/mol. The van der Waals surface area contributed by atoms with Crippen LogP contribution in [0.3, 0.4) is 0 Å². The third kappa shape index (κ3) is 2.31. The molecule has 0 heterocycles. The standard InChI is InChI=1S/C18H24O2/c1-2-13-3-5-14(6-4-13)16-9-12-18(17(16)20)10-7-15(19)8-11-18/h3-6,15-16,19H,2,7-12H2,1H3/t15-,16?,18+. The number of aryl methyl sites for hydroxylation is 1. The molecule has 2 aliphatic rings. The van der Waals surface area contributed by atoms with Crippen molar-refractivity contribution in [3.05, 3.63) is 35.4 Å². The molecule has 0 radical (unpaired) electrons. The summed E-state index contributed by atoms with van der Waals surface area (Å²) >= 11 is 0. The second kappa shape index (κ2) is 5.33. The fourth-order valence-electron chi connectivity index (χ4n) is 4.00. The summed E-state index contributed by atoms with van der Waals surface area (Å²) in [5.41, 5.74) is 2.40. The van der Waals surface area contributed by atoms with Crippen LogP contribution < -0.4 is 0 Å². The highest BCUT2D eigenvalue weighted by Crippen LogP contribution is 2.51. The van der Waals surface area contributed by atoms with E-state index in [4.69, 9.17) is 0 Å². The molecule has 0 bridgehead atoms. The molecule has 2 nitrogen and oxygen atoms in total. The van der Waals surface area contributed by atoms with E-state index in [-0.39, 0.29) is 17.4 Å². The van der Waals surface area contributed by atoms with Crippen LogP contribution in [0.15, 0.2) is 24.3 Å². The second-order valence-corrected chi connectivity index (χ2v) is 6.56. The molecule has 1 aromatic carbocycles. The van der Waals surface area contributed by atoms with Crippen LogP contribution in [0, 0.1) is 5.41 Å². The molecule has 0 aliphatic heterocycles. The third-order valence-electron chi connectivity index (χ3n) is 5.45. The van der Waals surface area contributed by atoms with E-state index in [1.165, 1.54) is 11.1 Å². The molecule has 0 saturated heterocycles. The van der Waals surface area contributed by atoms with Gasteiger partial charge in [-0.2, -0.15) is 0 Å². The van der Waals surface area contributed by atoms with Gasteiger partial charge in [0.2, 0.25) is 0 Å². The zero-order chi connectivity index (χ0) is 14.2. The Kier molecular flexibility index (Phi) is 3.68. The van der Waals surface area contributed by atoms with E-state index in [9.17, 15) is 9.90 Å². The highest BCUT2D eigenvalue weighted by molar-refractivity contribution is 5.93. The van der Waals surface area contributed by atoms with E-state index in [0.717, 1.165) is 44.9 Å². The largest absolute Gasteiger partial charge is 0.393 e. The second-order valence-electron chi connectivity index (χ2n) is 6.56. The Morgan fingerprint density at radius 2 is 1.70 bits per heavy atom. The van der Waals surface area contributed by atoms with Gasteiger partial charge < -0.3 is 5.11 Å². The average molecular weight is 272 g/mol. The zero-order valence-corrected chi connectivity index (χ0v) is 12.3. The molecule has 0 aromatic heterocycles. The molecule has 1 unspecified atom stereocenters. The Labute approximate surface area is 121 Å². The summed E-state index contributed by atoms with van der Waals surface area (Å²) in [6.07, 6.45) is 6.23. The van der Waals surface area contributed by atoms with E-state index in [0.29, 0.717) is 5.78 Å². The lowest BCUT2D eigenvalue weighted by atomic mass is 9.70. The van der Waals surface area contributed by atoms with Gasteiger partial charge in [-0.1, -0.05) is 31.2 Å². The molecule has 1 aromatic rings. The van der Waals surface area contributed by atoms with Crippen LogP contribution in [-0.4, -0.2) is 17.0 Å². The predicted octanol–water partition coefficient (Wildman–Crippen LogP) is 3.62. The molecule has 2 fully saturated rings. The summed E-state index contributed by atoms with van der Waals surface area (Å²) in [6.45, 7) is 2.15. The first-order valence-corrected chi connectivity index (χ1v) is 7.96.